The summed E-state index contributed by atoms with van der Waals surface area (Å²) in [5.41, 5.74) is 13.5. The van der Waals surface area contributed by atoms with Crippen LogP contribution in [0.2, 0.25) is 0 Å². The minimum absolute atomic E-state index is 0.872. The molecule has 0 aromatic heterocycles. The van der Waals surface area contributed by atoms with Crippen LogP contribution < -0.4 is 14.4 Å². The highest BCUT2D eigenvalue weighted by molar-refractivity contribution is 6.15. The Balaban J connectivity index is 1.06. The zero-order valence-electron chi connectivity index (χ0n) is 34.1. The molecule has 3 heteroatoms. The molecule has 0 radical (unpaired) electrons. The van der Waals surface area contributed by atoms with Gasteiger partial charge in [-0.3, -0.25) is 0 Å². The summed E-state index contributed by atoms with van der Waals surface area (Å²) < 4.78 is 15.6. The lowest BCUT2D eigenvalue weighted by atomic mass is 9.79. The Kier molecular flexibility index (Phi) is 7.11. The van der Waals surface area contributed by atoms with E-state index >= 15 is 0 Å². The third kappa shape index (κ3) is 4.75. The molecule has 0 saturated heterocycles. The van der Waals surface area contributed by atoms with Gasteiger partial charge in [0.05, 0.1) is 0 Å². The fraction of sp³-hybridized carbons (Fsp3) is 0.103. The van der Waals surface area contributed by atoms with Crippen molar-refractivity contribution in [2.75, 3.05) is 11.4 Å². The van der Waals surface area contributed by atoms with Gasteiger partial charge < -0.3 is 14.4 Å². The Morgan fingerprint density at radius 1 is 0.492 bits per heavy atom. The molecule has 1 aliphatic carbocycles. The van der Waals surface area contributed by atoms with Gasteiger partial charge in [-0.1, -0.05) is 157 Å². The molecular formula is C58H41NO2. The number of para-hydroxylation sites is 1. The molecule has 0 amide bonds. The second kappa shape index (κ2) is 12.6. The number of nitrogens with zero attached hydrogens (tertiary/aromatic N) is 1. The standard InChI is InChI=1S/C58H41NO2/c1-36-20-26-45-50(34-36)56-49(29-31-57(60-56,39-13-4-3-5-14-39)40-22-24-41(25-23-40)59-33-30-38-12-6-11-19-52(38)59)54-53(45)48-27-21-37(2)35-51(48)58(54)32-28-47-44-17-8-7-15-42(44)43-16-9-10-18-46(43)55(47)61-58/h3-29,31-32,34-35H,30,33H2,1-2H3. The molecule has 2 unspecified atom stereocenters. The lowest BCUT2D eigenvalue weighted by Gasteiger charge is -2.40. The summed E-state index contributed by atoms with van der Waals surface area (Å²) in [4.78, 5) is 2.43. The Hall–Kier alpha value is -7.36. The van der Waals surface area contributed by atoms with Crippen molar-refractivity contribution in [1.29, 1.82) is 0 Å². The van der Waals surface area contributed by atoms with Crippen LogP contribution in [0.4, 0.5) is 11.4 Å². The van der Waals surface area contributed by atoms with Crippen LogP contribution >= 0.6 is 0 Å². The van der Waals surface area contributed by atoms with Crippen molar-refractivity contribution in [3.05, 3.63) is 226 Å². The first-order chi connectivity index (χ1) is 30.0. The fourth-order valence-corrected chi connectivity index (χ4v) is 11.0. The average Bonchev–Trinajstić information content (AvgIpc) is 3.86. The number of benzene rings is 9. The first-order valence-electron chi connectivity index (χ1n) is 21.4. The van der Waals surface area contributed by atoms with Crippen molar-refractivity contribution < 1.29 is 9.47 Å². The number of rotatable bonds is 3. The molecule has 0 bridgehead atoms. The van der Waals surface area contributed by atoms with E-state index in [1.807, 2.05) is 0 Å². The van der Waals surface area contributed by atoms with E-state index in [2.05, 4.69) is 207 Å². The van der Waals surface area contributed by atoms with Crippen LogP contribution in [0.15, 0.2) is 176 Å². The Bertz CT molecular complexity index is 3400. The number of anilines is 2. The van der Waals surface area contributed by atoms with Gasteiger partial charge in [-0.25, -0.2) is 0 Å². The highest BCUT2D eigenvalue weighted by atomic mass is 16.5. The minimum atomic E-state index is -0.911. The Morgan fingerprint density at radius 2 is 1.11 bits per heavy atom. The van der Waals surface area contributed by atoms with Crippen LogP contribution in [0.25, 0.3) is 55.6 Å². The van der Waals surface area contributed by atoms with E-state index in [0.29, 0.717) is 0 Å². The SMILES string of the molecule is Cc1ccc2c(c1)C1(C=Cc3c(c4ccccc4c4ccccc34)O1)c1c3c(c4cc(C)ccc4c1-2)OC(c1ccccc1)(c1ccc(N2CCc4ccccc42)cc1)C=C3. The largest absolute Gasteiger partial charge is 0.472 e. The quantitative estimate of drug-likeness (QED) is 0.167. The van der Waals surface area contributed by atoms with Crippen LogP contribution in [0.5, 0.6) is 11.5 Å². The zero-order chi connectivity index (χ0) is 40.5. The van der Waals surface area contributed by atoms with Crippen LogP contribution in [0.1, 0.15) is 50.1 Å². The molecule has 0 fully saturated rings. The predicted octanol–water partition coefficient (Wildman–Crippen LogP) is 14.1. The Morgan fingerprint density at radius 3 is 1.95 bits per heavy atom. The van der Waals surface area contributed by atoms with Crippen molar-refractivity contribution in [2.45, 2.75) is 31.5 Å². The van der Waals surface area contributed by atoms with E-state index in [9.17, 15) is 0 Å². The lowest BCUT2D eigenvalue weighted by Crippen LogP contribution is -2.36. The van der Waals surface area contributed by atoms with E-state index < -0.39 is 11.2 Å². The van der Waals surface area contributed by atoms with Crippen molar-refractivity contribution in [1.82, 2.24) is 0 Å². The first kappa shape index (κ1) is 34.5. The molecule has 290 valence electrons. The number of hydrogen-bond donors (Lipinski definition) is 0. The molecule has 9 aromatic carbocycles. The molecule has 13 rings (SSSR count). The average molecular weight is 784 g/mol. The summed E-state index contributed by atoms with van der Waals surface area (Å²) in [5, 5.41) is 6.99. The van der Waals surface area contributed by atoms with E-state index in [1.54, 1.807) is 0 Å². The second-order valence-electron chi connectivity index (χ2n) is 17.2. The van der Waals surface area contributed by atoms with Gasteiger partial charge in [-0.05, 0) is 101 Å². The van der Waals surface area contributed by atoms with Crippen LogP contribution in [0, 0.1) is 13.8 Å². The van der Waals surface area contributed by atoms with Gasteiger partial charge in [-0.2, -0.15) is 0 Å². The zero-order valence-corrected chi connectivity index (χ0v) is 34.1. The van der Waals surface area contributed by atoms with Crippen LogP contribution in [-0.4, -0.2) is 6.54 Å². The predicted molar refractivity (Wildman–Crippen MR) is 251 cm³/mol. The van der Waals surface area contributed by atoms with E-state index in [1.165, 1.54) is 55.4 Å². The summed E-state index contributed by atoms with van der Waals surface area (Å²) >= 11 is 0. The van der Waals surface area contributed by atoms with Gasteiger partial charge >= 0.3 is 0 Å². The van der Waals surface area contributed by atoms with E-state index in [-0.39, 0.29) is 0 Å². The number of ether oxygens (including phenoxy) is 2. The molecule has 3 heterocycles. The van der Waals surface area contributed by atoms with Crippen LogP contribution in [0.3, 0.4) is 0 Å². The summed E-state index contributed by atoms with van der Waals surface area (Å²) in [7, 11) is 0. The number of fused-ring (bicyclic) bond motifs is 17. The van der Waals surface area contributed by atoms with Crippen molar-refractivity contribution in [3.8, 4) is 22.6 Å². The normalized spacial score (nSPS) is 19.1. The highest BCUT2D eigenvalue weighted by Gasteiger charge is 2.51. The van der Waals surface area contributed by atoms with Crippen LogP contribution in [-0.2, 0) is 17.6 Å². The first-order valence-corrected chi connectivity index (χ1v) is 21.4. The van der Waals surface area contributed by atoms with Crippen molar-refractivity contribution in [3.63, 3.8) is 0 Å². The highest BCUT2D eigenvalue weighted by Crippen LogP contribution is 2.61. The third-order valence-electron chi connectivity index (χ3n) is 13.8. The maximum atomic E-state index is 7.78. The topological polar surface area (TPSA) is 21.7 Å². The summed E-state index contributed by atoms with van der Waals surface area (Å²) in [5.74, 6) is 1.78. The lowest BCUT2D eigenvalue weighted by molar-refractivity contribution is 0.155. The summed E-state index contributed by atoms with van der Waals surface area (Å²) in [6.07, 6.45) is 10.3. The Labute approximate surface area is 355 Å². The summed E-state index contributed by atoms with van der Waals surface area (Å²) in [6, 6.07) is 59.6. The number of hydrogen-bond acceptors (Lipinski definition) is 3. The maximum absolute atomic E-state index is 7.78. The molecule has 4 aliphatic rings. The van der Waals surface area contributed by atoms with Gasteiger partial charge in [0.15, 0.2) is 11.2 Å². The van der Waals surface area contributed by atoms with Gasteiger partial charge in [-0.15, -0.1) is 0 Å². The van der Waals surface area contributed by atoms with Gasteiger partial charge in [0, 0.05) is 62.1 Å². The molecule has 2 atom stereocenters. The van der Waals surface area contributed by atoms with Gasteiger partial charge in [0.2, 0.25) is 0 Å². The molecular weight excluding hydrogens is 743 g/mol. The monoisotopic (exact) mass is 783 g/mol. The van der Waals surface area contributed by atoms with Gasteiger partial charge in [0.25, 0.3) is 0 Å². The molecule has 0 saturated carbocycles. The minimum Gasteiger partial charge on any atom is -0.472 e. The molecule has 61 heavy (non-hydrogen) atoms. The smallest absolute Gasteiger partial charge is 0.180 e. The van der Waals surface area contributed by atoms with Crippen molar-refractivity contribution in [2.24, 2.45) is 0 Å². The van der Waals surface area contributed by atoms with E-state index in [4.69, 9.17) is 9.47 Å². The molecule has 3 nitrogen and oxygen atoms in total. The summed E-state index contributed by atoms with van der Waals surface area (Å²) in [6.45, 7) is 5.33. The molecule has 1 spiro atoms. The van der Waals surface area contributed by atoms with Crippen molar-refractivity contribution >= 4 is 55.8 Å². The third-order valence-corrected chi connectivity index (χ3v) is 13.8. The fourth-order valence-electron chi connectivity index (χ4n) is 11.0. The number of aryl methyl sites for hydroxylation is 2. The van der Waals surface area contributed by atoms with E-state index in [0.717, 1.165) is 74.0 Å². The molecule has 3 aliphatic heterocycles. The van der Waals surface area contributed by atoms with Gasteiger partial charge in [0.1, 0.15) is 11.5 Å². The molecule has 9 aromatic rings. The maximum Gasteiger partial charge on any atom is 0.180 e. The second-order valence-corrected chi connectivity index (χ2v) is 17.2. The molecule has 0 N–H and O–H groups in total.